The molecule has 0 saturated carbocycles. The summed E-state index contributed by atoms with van der Waals surface area (Å²) in [6.07, 6.45) is 0. The largest absolute Gasteiger partial charge is 0.497 e. The molecule has 0 radical (unpaired) electrons. The van der Waals surface area contributed by atoms with Crippen LogP contribution in [0.4, 0.5) is 11.4 Å². The van der Waals surface area contributed by atoms with Gasteiger partial charge in [-0.25, -0.2) is 0 Å². The Morgan fingerprint density at radius 1 is 1.48 bits per heavy atom. The fraction of sp³-hybridized carbons (Fsp3) is 0.308. The first-order valence-electron chi connectivity index (χ1n) is 6.20. The highest BCUT2D eigenvalue weighted by Gasteiger charge is 2.18. The number of ether oxygens (including phenoxy) is 1. The maximum Gasteiger partial charge on any atom is 0.277 e. The average Bonchev–Trinajstić information content (AvgIpc) is 2.86. The van der Waals surface area contributed by atoms with Crippen LogP contribution < -0.4 is 15.8 Å². The van der Waals surface area contributed by atoms with Crippen LogP contribution in [0.25, 0.3) is 0 Å². The Balaban J connectivity index is 2.00. The lowest BCUT2D eigenvalue weighted by molar-refractivity contribution is -0.115. The first-order valence-corrected chi connectivity index (χ1v) is 7.08. The van der Waals surface area contributed by atoms with Gasteiger partial charge in [-0.2, -0.15) is 0 Å². The lowest BCUT2D eigenvalue weighted by Crippen LogP contribution is -2.23. The van der Waals surface area contributed by atoms with Gasteiger partial charge in [-0.15, -0.1) is 10.2 Å². The highest BCUT2D eigenvalue weighted by Crippen LogP contribution is 2.26. The maximum absolute atomic E-state index is 12.1. The van der Waals surface area contributed by atoms with Gasteiger partial charge in [0.1, 0.15) is 5.75 Å². The predicted molar refractivity (Wildman–Crippen MR) is 80.4 cm³/mol. The van der Waals surface area contributed by atoms with Crippen LogP contribution in [0, 0.1) is 6.92 Å². The van der Waals surface area contributed by atoms with Crippen LogP contribution in [0.15, 0.2) is 27.8 Å². The van der Waals surface area contributed by atoms with Crippen molar-refractivity contribution in [3.63, 3.8) is 0 Å². The molecule has 1 aromatic heterocycles. The van der Waals surface area contributed by atoms with E-state index in [1.165, 1.54) is 11.8 Å². The quantitative estimate of drug-likeness (QED) is 0.644. The summed E-state index contributed by atoms with van der Waals surface area (Å²) in [7, 11) is 1.55. The fourth-order valence-corrected chi connectivity index (χ4v) is 2.27. The number of nitrogens with zero attached hydrogens (tertiary/aromatic N) is 2. The molecule has 0 aliphatic rings. The molecule has 2 aromatic rings. The van der Waals surface area contributed by atoms with Crippen molar-refractivity contribution in [2.75, 3.05) is 18.2 Å². The van der Waals surface area contributed by atoms with Crippen LogP contribution in [0.1, 0.15) is 12.8 Å². The molecule has 21 heavy (non-hydrogen) atoms. The summed E-state index contributed by atoms with van der Waals surface area (Å²) < 4.78 is 10.3. The Morgan fingerprint density at radius 2 is 2.24 bits per heavy atom. The van der Waals surface area contributed by atoms with E-state index in [-0.39, 0.29) is 5.91 Å². The molecule has 1 atom stereocenters. The second-order valence-electron chi connectivity index (χ2n) is 4.29. The van der Waals surface area contributed by atoms with Crippen LogP contribution in [0.3, 0.4) is 0 Å². The number of nitrogens with two attached hydrogens (primary N) is 1. The molecular weight excluding hydrogens is 292 g/mol. The van der Waals surface area contributed by atoms with E-state index in [1.54, 1.807) is 39.2 Å². The van der Waals surface area contributed by atoms with Gasteiger partial charge in [0.25, 0.3) is 5.22 Å². The zero-order valence-electron chi connectivity index (χ0n) is 11.9. The van der Waals surface area contributed by atoms with Gasteiger partial charge in [0.2, 0.25) is 11.8 Å². The molecule has 0 saturated heterocycles. The van der Waals surface area contributed by atoms with Crippen molar-refractivity contribution < 1.29 is 13.9 Å². The molecule has 0 bridgehead atoms. The number of rotatable bonds is 5. The minimum Gasteiger partial charge on any atom is -0.497 e. The number of amides is 1. The average molecular weight is 308 g/mol. The van der Waals surface area contributed by atoms with E-state index < -0.39 is 5.25 Å². The molecule has 0 aliphatic heterocycles. The highest BCUT2D eigenvalue weighted by molar-refractivity contribution is 8.00. The second-order valence-corrected chi connectivity index (χ2v) is 5.58. The molecule has 2 rings (SSSR count). The van der Waals surface area contributed by atoms with E-state index in [0.717, 1.165) is 0 Å². The van der Waals surface area contributed by atoms with Crippen LogP contribution >= 0.6 is 11.8 Å². The molecule has 0 fully saturated rings. The molecule has 8 heteroatoms. The van der Waals surface area contributed by atoms with Crippen molar-refractivity contribution in [2.24, 2.45) is 0 Å². The zero-order chi connectivity index (χ0) is 15.4. The van der Waals surface area contributed by atoms with Crippen LogP contribution in [-0.2, 0) is 4.79 Å². The first-order chi connectivity index (χ1) is 9.99. The smallest absolute Gasteiger partial charge is 0.277 e. The number of aryl methyl sites for hydroxylation is 1. The van der Waals surface area contributed by atoms with E-state index in [9.17, 15) is 4.79 Å². The Kier molecular flexibility index (Phi) is 4.69. The van der Waals surface area contributed by atoms with Gasteiger partial charge in [0.15, 0.2) is 0 Å². The summed E-state index contributed by atoms with van der Waals surface area (Å²) in [5, 5.41) is 10.3. The second kappa shape index (κ2) is 6.49. The number of carbonyl (C=O) groups is 1. The van der Waals surface area contributed by atoms with Crippen LogP contribution in [-0.4, -0.2) is 28.5 Å². The summed E-state index contributed by atoms with van der Waals surface area (Å²) in [6, 6.07) is 5.07. The van der Waals surface area contributed by atoms with Crippen molar-refractivity contribution in [1.82, 2.24) is 10.2 Å². The molecule has 0 spiro atoms. The third-order valence-corrected chi connectivity index (χ3v) is 3.61. The van der Waals surface area contributed by atoms with Gasteiger partial charge < -0.3 is 20.2 Å². The summed E-state index contributed by atoms with van der Waals surface area (Å²) >= 11 is 1.19. The van der Waals surface area contributed by atoms with Crippen LogP contribution in [0.2, 0.25) is 0 Å². The standard InChI is InChI=1S/C13H16N4O3S/c1-7(21-13-17-16-8(2)20-13)12(18)15-11-5-4-9(19-3)6-10(11)14/h4-7H,14H2,1-3H3,(H,15,18). The molecule has 1 heterocycles. The van der Waals surface area contributed by atoms with Crippen molar-refractivity contribution in [2.45, 2.75) is 24.3 Å². The first kappa shape index (κ1) is 15.2. The summed E-state index contributed by atoms with van der Waals surface area (Å²) in [4.78, 5) is 12.1. The van der Waals surface area contributed by atoms with Crippen LogP contribution in [0.5, 0.6) is 5.75 Å². The van der Waals surface area contributed by atoms with E-state index in [0.29, 0.717) is 28.2 Å². The van der Waals surface area contributed by atoms with E-state index in [4.69, 9.17) is 14.9 Å². The molecule has 3 N–H and O–H groups in total. The third kappa shape index (κ3) is 3.88. The number of hydrogen-bond donors (Lipinski definition) is 2. The molecule has 1 aromatic carbocycles. The number of benzene rings is 1. The lowest BCUT2D eigenvalue weighted by Gasteiger charge is -2.12. The molecule has 1 unspecified atom stereocenters. The Bertz CT molecular complexity index is 644. The number of nitrogens with one attached hydrogen (secondary N) is 1. The number of hydrogen-bond acceptors (Lipinski definition) is 7. The van der Waals surface area contributed by atoms with E-state index in [2.05, 4.69) is 15.5 Å². The number of anilines is 2. The lowest BCUT2D eigenvalue weighted by atomic mass is 10.2. The minimum absolute atomic E-state index is 0.201. The fourth-order valence-electron chi connectivity index (χ4n) is 1.55. The minimum atomic E-state index is -0.397. The summed E-state index contributed by atoms with van der Waals surface area (Å²) in [5.41, 5.74) is 6.83. The van der Waals surface area contributed by atoms with Crippen molar-refractivity contribution in [3.05, 3.63) is 24.1 Å². The SMILES string of the molecule is COc1ccc(NC(=O)C(C)Sc2nnc(C)o2)c(N)c1. The molecule has 0 aliphatic carbocycles. The van der Waals surface area contributed by atoms with Crippen molar-refractivity contribution in [1.29, 1.82) is 0 Å². The number of thioether (sulfide) groups is 1. The predicted octanol–water partition coefficient (Wildman–Crippen LogP) is 2.09. The zero-order valence-corrected chi connectivity index (χ0v) is 12.7. The van der Waals surface area contributed by atoms with Crippen molar-refractivity contribution in [3.8, 4) is 5.75 Å². The Hall–Kier alpha value is -2.22. The Labute approximate surface area is 126 Å². The molecular formula is C13H16N4O3S. The number of carbonyl (C=O) groups excluding carboxylic acids is 1. The van der Waals surface area contributed by atoms with Gasteiger partial charge in [0.05, 0.1) is 23.7 Å². The number of nitrogen functional groups attached to an aromatic ring is 1. The monoisotopic (exact) mass is 308 g/mol. The third-order valence-electron chi connectivity index (χ3n) is 2.67. The molecule has 7 nitrogen and oxygen atoms in total. The van der Waals surface area contributed by atoms with Gasteiger partial charge in [0, 0.05) is 13.0 Å². The number of methoxy groups -OCH3 is 1. The maximum atomic E-state index is 12.1. The van der Waals surface area contributed by atoms with Gasteiger partial charge >= 0.3 is 0 Å². The van der Waals surface area contributed by atoms with Gasteiger partial charge in [-0.3, -0.25) is 4.79 Å². The molecule has 112 valence electrons. The number of aromatic nitrogens is 2. The van der Waals surface area contributed by atoms with E-state index in [1.807, 2.05) is 0 Å². The van der Waals surface area contributed by atoms with Gasteiger partial charge in [-0.05, 0) is 19.1 Å². The summed E-state index contributed by atoms with van der Waals surface area (Å²) in [6.45, 7) is 3.44. The topological polar surface area (TPSA) is 103 Å². The van der Waals surface area contributed by atoms with Crippen molar-refractivity contribution >= 4 is 29.0 Å². The molecule has 1 amide bonds. The highest BCUT2D eigenvalue weighted by atomic mass is 32.2. The summed E-state index contributed by atoms with van der Waals surface area (Å²) in [5.74, 6) is 0.895. The Morgan fingerprint density at radius 3 is 2.81 bits per heavy atom. The van der Waals surface area contributed by atoms with E-state index >= 15 is 0 Å². The van der Waals surface area contributed by atoms with Gasteiger partial charge in [-0.1, -0.05) is 11.8 Å². The normalized spacial score (nSPS) is 12.0.